The zero-order chi connectivity index (χ0) is 49.8. The molecule has 394 valence electrons. The Kier molecular flexibility index (Phi) is 22.8. The van der Waals surface area contributed by atoms with Crippen LogP contribution in [0.5, 0.6) is 0 Å². The van der Waals surface area contributed by atoms with Crippen LogP contribution in [-0.4, -0.2) is 172 Å². The number of pyridine rings is 2. The Morgan fingerprint density at radius 2 is 1.11 bits per heavy atom. The Morgan fingerprint density at radius 3 is 1.50 bits per heavy atom. The molecule has 0 saturated carbocycles. The largest absolute Gasteiger partial charge is 1.00 e. The average molecular weight is 1010 g/mol. The molecule has 2 unspecified atom stereocenters. The fourth-order valence-corrected chi connectivity index (χ4v) is 10.9. The number of amides is 2. The molecule has 5 aliphatic rings. The molecule has 5 aliphatic heterocycles. The number of furan rings is 2. The van der Waals surface area contributed by atoms with Gasteiger partial charge in [-0.25, -0.2) is 19.6 Å². The van der Waals surface area contributed by atoms with E-state index in [-0.39, 0.29) is 80.4 Å². The number of piperidine rings is 4. The van der Waals surface area contributed by atoms with Crippen LogP contribution in [-0.2, 0) is 23.7 Å². The molecule has 4 aromatic heterocycles. The minimum Gasteiger partial charge on any atom is -1.00 e. The average Bonchev–Trinajstić information content (AvgIpc) is 4.16. The van der Waals surface area contributed by atoms with Gasteiger partial charge in [-0.3, -0.25) is 14.6 Å². The number of aromatic nitrogens is 2. The molecule has 9 rings (SSSR count). The van der Waals surface area contributed by atoms with E-state index >= 15 is 0 Å². The summed E-state index contributed by atoms with van der Waals surface area (Å²) in [5, 5.41) is 12.4. The van der Waals surface area contributed by atoms with Crippen molar-refractivity contribution in [1.82, 2.24) is 29.6 Å². The quantitative estimate of drug-likeness (QED) is 0.130. The zero-order valence-electron chi connectivity index (χ0n) is 44.9. The van der Waals surface area contributed by atoms with E-state index in [1.54, 1.807) is 22.2 Å². The summed E-state index contributed by atoms with van der Waals surface area (Å²) in [5.74, 6) is 1.27. The number of hydrogen-bond acceptors (Lipinski definition) is 14. The maximum atomic E-state index is 13.0. The van der Waals surface area contributed by atoms with Gasteiger partial charge in [-0.1, -0.05) is 0 Å². The van der Waals surface area contributed by atoms with E-state index in [4.69, 9.17) is 27.8 Å². The monoisotopic (exact) mass is 1010 g/mol. The normalized spacial score (nSPS) is 20.0. The molecule has 0 spiro atoms. The van der Waals surface area contributed by atoms with Crippen molar-refractivity contribution in [3.05, 3.63) is 60.3 Å². The Labute approximate surface area is 451 Å². The summed E-state index contributed by atoms with van der Waals surface area (Å²) >= 11 is 0. The van der Waals surface area contributed by atoms with Gasteiger partial charge in [-0.05, 0) is 187 Å². The second-order valence-electron chi connectivity index (χ2n) is 21.6. The Morgan fingerprint density at radius 1 is 0.681 bits per heavy atom. The minimum absolute atomic E-state index is 0. The van der Waals surface area contributed by atoms with Crippen molar-refractivity contribution in [2.24, 2.45) is 11.8 Å². The number of rotatable bonds is 9. The summed E-state index contributed by atoms with van der Waals surface area (Å²) in [6.45, 7) is 21.9. The van der Waals surface area contributed by atoms with E-state index in [1.165, 1.54) is 24.0 Å². The van der Waals surface area contributed by atoms with Crippen molar-refractivity contribution >= 4 is 57.7 Å². The van der Waals surface area contributed by atoms with E-state index in [1.807, 2.05) is 73.1 Å². The predicted molar refractivity (Wildman–Crippen MR) is 279 cm³/mol. The molecule has 5 fully saturated rings. The summed E-state index contributed by atoms with van der Waals surface area (Å²) in [7, 11) is 0. The van der Waals surface area contributed by atoms with Crippen molar-refractivity contribution in [3.8, 4) is 0 Å². The van der Waals surface area contributed by atoms with Crippen LogP contribution in [0.15, 0.2) is 58.0 Å². The summed E-state index contributed by atoms with van der Waals surface area (Å²) < 4.78 is 32.8. The van der Waals surface area contributed by atoms with Gasteiger partial charge in [0.05, 0.1) is 25.7 Å². The number of carbonyl (C=O) groups excluding carboxylic acids is 3. The first-order chi connectivity index (χ1) is 33.6. The molecular weight excluding hydrogens is 927 g/mol. The maximum Gasteiger partial charge on any atom is 1.00 e. The van der Waals surface area contributed by atoms with Crippen molar-refractivity contribution in [2.45, 2.75) is 148 Å². The molecule has 2 atom stereocenters. The zero-order valence-corrected chi connectivity index (χ0v) is 43.9. The fourth-order valence-electron chi connectivity index (χ4n) is 10.9. The molecule has 0 bridgehead atoms. The van der Waals surface area contributed by atoms with Crippen molar-refractivity contribution in [3.63, 3.8) is 0 Å². The molecule has 0 aliphatic carbocycles. The van der Waals surface area contributed by atoms with Crippen LogP contribution >= 0.6 is 0 Å². The molecule has 2 amide bonds. The number of hydrogen-bond donors (Lipinski definition) is 1. The molecule has 5 saturated heterocycles. The number of nitrogens with zero attached hydrogens (tertiary/aromatic N) is 6. The van der Waals surface area contributed by atoms with Crippen LogP contribution in [0.25, 0.3) is 22.2 Å². The van der Waals surface area contributed by atoms with E-state index < -0.39 is 11.2 Å². The van der Waals surface area contributed by atoms with Gasteiger partial charge in [-0.15, -0.1) is 0 Å². The standard InChI is InChI=1S/C26H37N3O5.C24H35N3O4.C4H8O.Al.Li.4H/c1-5-32-24(30)22(19-10-15-29(16-11-19)25(31)34-26(2,3)4)28-13-8-18(9-14-28)21-17-33-23-20(21)7-6-12-27-23;1-24(2,3)31-23(29)27-13-8-18(9-14-27)21(15-28)26-11-6-17(7-12-26)20-16-30-22-19(20)5-4-10-25-22;1-2-4-5-3-1;;;;;;/h6-7,12,17-19,22H,5,8-11,13-16H2,1-4H3;4-5,10,16-18,21,28H,6-9,11-15H2,1-3H3;1-4H2;;;;;;/q;;;;+1;;;;-1. The van der Waals surface area contributed by atoms with Crippen molar-refractivity contribution in [1.29, 1.82) is 0 Å². The number of aliphatic hydroxyl groups is 1. The number of likely N-dealkylation sites (tertiary alicyclic amines) is 4. The molecule has 9 heterocycles. The number of ether oxygens (including phenoxy) is 4. The van der Waals surface area contributed by atoms with Gasteiger partial charge in [0.2, 0.25) is 11.4 Å². The molecule has 1 N–H and O–H groups in total. The van der Waals surface area contributed by atoms with Gasteiger partial charge in [0.1, 0.15) is 17.2 Å². The van der Waals surface area contributed by atoms with Gasteiger partial charge >= 0.3 is 37.0 Å². The predicted octanol–water partition coefficient (Wildman–Crippen LogP) is 5.33. The number of aliphatic hydroxyl groups excluding tert-OH is 1. The van der Waals surface area contributed by atoms with Crippen molar-refractivity contribution in [2.75, 3.05) is 78.8 Å². The van der Waals surface area contributed by atoms with Crippen molar-refractivity contribution < 1.29 is 67.6 Å². The topological polar surface area (TPSA) is 173 Å². The molecule has 0 aromatic carbocycles. The first kappa shape index (κ1) is 59.2. The van der Waals surface area contributed by atoms with E-state index in [2.05, 4.69) is 31.9 Å². The number of esters is 1. The van der Waals surface area contributed by atoms with Gasteiger partial charge in [0.15, 0.2) is 17.4 Å². The van der Waals surface area contributed by atoms with Gasteiger partial charge in [0, 0.05) is 79.7 Å². The third-order valence-corrected chi connectivity index (χ3v) is 14.5. The summed E-state index contributed by atoms with van der Waals surface area (Å²) in [6.07, 6.45) is 16.6. The molecule has 16 nitrogen and oxygen atoms in total. The molecule has 72 heavy (non-hydrogen) atoms. The van der Waals surface area contributed by atoms with Gasteiger partial charge in [0.25, 0.3) is 0 Å². The molecule has 0 radical (unpaired) electrons. The third-order valence-electron chi connectivity index (χ3n) is 14.5. The SMILES string of the molecule is C1CCOC1.CC(C)(C)OC(=O)N1CCC(C(CO)N2CCC(c3coc4ncccc34)CC2)CC1.CCOC(=O)C(C1CCN(C(=O)OC(C)(C)C)CC1)N1CCC(c2coc3ncccc23)CC1.[AlH3].[H-].[Li+]. The Balaban J connectivity index is 0.000000278. The summed E-state index contributed by atoms with van der Waals surface area (Å²) in [5.41, 5.74) is 2.88. The smallest absolute Gasteiger partial charge is 1.00 e. The first-order valence-electron chi connectivity index (χ1n) is 26.1. The maximum absolute atomic E-state index is 13.0. The minimum atomic E-state index is -0.512. The number of fused-ring (bicyclic) bond motifs is 2. The van der Waals surface area contributed by atoms with Crippen LogP contribution in [0.1, 0.15) is 137 Å². The van der Waals surface area contributed by atoms with Crippen LogP contribution in [0, 0.1) is 11.8 Å². The number of carbonyl (C=O) groups is 3. The van der Waals surface area contributed by atoms with Crippen LogP contribution in [0.2, 0.25) is 0 Å². The molecule has 4 aromatic rings. The van der Waals surface area contributed by atoms with Crippen LogP contribution in [0.3, 0.4) is 0 Å². The Hall–Kier alpha value is -3.64. The molecular formula is C54H84AlLiN6O10. The van der Waals surface area contributed by atoms with Crippen LogP contribution < -0.4 is 18.9 Å². The Bertz CT molecular complexity index is 2260. The second kappa shape index (κ2) is 27.8. The van der Waals surface area contributed by atoms with Crippen LogP contribution in [0.4, 0.5) is 9.59 Å². The third kappa shape index (κ3) is 16.2. The van der Waals surface area contributed by atoms with E-state index in [9.17, 15) is 19.5 Å². The first-order valence-corrected chi connectivity index (χ1v) is 26.1. The summed E-state index contributed by atoms with van der Waals surface area (Å²) in [6, 6.07) is 7.93. The molecule has 18 heteroatoms. The van der Waals surface area contributed by atoms with Gasteiger partial charge in [-0.2, -0.15) is 0 Å². The second-order valence-corrected chi connectivity index (χ2v) is 21.6. The van der Waals surface area contributed by atoms with E-state index in [0.717, 1.165) is 102 Å². The van der Waals surface area contributed by atoms with E-state index in [0.29, 0.717) is 62.0 Å². The fraction of sp³-hybridized carbons (Fsp3) is 0.685. The van der Waals surface area contributed by atoms with Gasteiger partial charge < -0.3 is 44.1 Å². The summed E-state index contributed by atoms with van der Waals surface area (Å²) in [4.78, 5) is 54.8.